The number of esters is 1. The second kappa shape index (κ2) is 9.37. The van der Waals surface area contributed by atoms with Gasteiger partial charge >= 0.3 is 5.97 Å². The Hall–Kier alpha value is -3.36. The molecule has 0 bridgehead atoms. The first-order valence-corrected chi connectivity index (χ1v) is 8.21. The van der Waals surface area contributed by atoms with Crippen molar-refractivity contribution in [2.24, 2.45) is 0 Å². The molecule has 0 fully saturated rings. The fourth-order valence-electron chi connectivity index (χ4n) is 2.29. The topological polar surface area (TPSA) is 109 Å². The van der Waals surface area contributed by atoms with Crippen LogP contribution in [0.4, 0.5) is 0 Å². The molecule has 0 saturated heterocycles. The molecule has 0 unspecified atom stereocenters. The maximum Gasteiger partial charge on any atom is 0.325 e. The summed E-state index contributed by atoms with van der Waals surface area (Å²) < 4.78 is 16.2. The summed E-state index contributed by atoms with van der Waals surface area (Å²) >= 11 is 0. The highest BCUT2D eigenvalue weighted by Crippen LogP contribution is 2.31. The van der Waals surface area contributed by atoms with Crippen LogP contribution in [0, 0.1) is 0 Å². The second-order valence-corrected chi connectivity index (χ2v) is 5.36. The third-order valence-electron chi connectivity index (χ3n) is 3.58. The van der Waals surface area contributed by atoms with E-state index in [1.807, 2.05) is 0 Å². The average molecular weight is 375 g/mol. The number of benzene rings is 1. The van der Waals surface area contributed by atoms with Gasteiger partial charge in [0.25, 0.3) is 5.56 Å². The molecule has 144 valence electrons. The first kappa shape index (κ1) is 20.0. The molecule has 0 aliphatic carbocycles. The first-order valence-electron chi connectivity index (χ1n) is 8.21. The summed E-state index contributed by atoms with van der Waals surface area (Å²) in [5.74, 6) is 0.0421. The van der Waals surface area contributed by atoms with E-state index in [1.165, 1.54) is 13.2 Å². The van der Waals surface area contributed by atoms with Gasteiger partial charge in [-0.1, -0.05) is 0 Å². The van der Waals surface area contributed by atoms with Crippen LogP contribution < -0.4 is 20.3 Å². The summed E-state index contributed by atoms with van der Waals surface area (Å²) in [5, 5.41) is 6.60. The summed E-state index contributed by atoms with van der Waals surface area (Å²) in [6.45, 7) is 1.29. The lowest BCUT2D eigenvalue weighted by Gasteiger charge is -2.11. The van der Waals surface area contributed by atoms with Gasteiger partial charge in [-0.15, -0.1) is 0 Å². The van der Waals surface area contributed by atoms with Crippen LogP contribution in [0.5, 0.6) is 11.5 Å². The summed E-state index contributed by atoms with van der Waals surface area (Å²) in [4.78, 5) is 35.3. The molecule has 9 heteroatoms. The maximum absolute atomic E-state index is 12.0. The molecule has 0 aliphatic rings. The third-order valence-corrected chi connectivity index (χ3v) is 3.58. The van der Waals surface area contributed by atoms with Crippen molar-refractivity contribution in [2.45, 2.75) is 13.5 Å². The monoisotopic (exact) mass is 375 g/mol. The van der Waals surface area contributed by atoms with Crippen LogP contribution in [0.3, 0.4) is 0 Å². The zero-order valence-corrected chi connectivity index (χ0v) is 15.4. The number of carbonyl (C=O) groups is 2. The summed E-state index contributed by atoms with van der Waals surface area (Å²) in [6.07, 6.45) is 0. The maximum atomic E-state index is 12.0. The zero-order valence-electron chi connectivity index (χ0n) is 15.4. The normalized spacial score (nSPS) is 10.2. The first-order chi connectivity index (χ1) is 13.0. The molecule has 9 nitrogen and oxygen atoms in total. The summed E-state index contributed by atoms with van der Waals surface area (Å²) in [6, 6.07) is 8.03. The lowest BCUT2D eigenvalue weighted by atomic mass is 10.1. The predicted molar refractivity (Wildman–Crippen MR) is 96.7 cm³/mol. The Morgan fingerprint density at radius 1 is 1.15 bits per heavy atom. The van der Waals surface area contributed by atoms with Gasteiger partial charge in [0.2, 0.25) is 5.91 Å². The van der Waals surface area contributed by atoms with E-state index in [1.54, 1.807) is 38.3 Å². The van der Waals surface area contributed by atoms with E-state index in [-0.39, 0.29) is 19.7 Å². The number of carbonyl (C=O) groups excluding carboxylic acids is 2. The molecule has 1 N–H and O–H groups in total. The van der Waals surface area contributed by atoms with Gasteiger partial charge < -0.3 is 19.5 Å². The minimum atomic E-state index is -0.553. The van der Waals surface area contributed by atoms with Crippen molar-refractivity contribution < 1.29 is 23.8 Å². The van der Waals surface area contributed by atoms with Gasteiger partial charge in [0.1, 0.15) is 24.6 Å². The number of nitrogens with zero attached hydrogens (tertiary/aromatic N) is 2. The van der Waals surface area contributed by atoms with Crippen molar-refractivity contribution in [3.63, 3.8) is 0 Å². The number of ether oxygens (including phenoxy) is 3. The average Bonchev–Trinajstić information content (AvgIpc) is 2.68. The van der Waals surface area contributed by atoms with Gasteiger partial charge in [-0.05, 0) is 25.1 Å². The minimum Gasteiger partial charge on any atom is -0.497 e. The Morgan fingerprint density at radius 2 is 1.93 bits per heavy atom. The molecule has 0 spiro atoms. The number of nitrogens with one attached hydrogen (secondary N) is 1. The van der Waals surface area contributed by atoms with E-state index in [2.05, 4.69) is 10.4 Å². The Kier molecular flexibility index (Phi) is 6.93. The van der Waals surface area contributed by atoms with Crippen molar-refractivity contribution in [2.75, 3.05) is 27.4 Å². The zero-order chi connectivity index (χ0) is 19.8. The molecular weight excluding hydrogens is 354 g/mol. The fourth-order valence-corrected chi connectivity index (χ4v) is 2.29. The van der Waals surface area contributed by atoms with E-state index >= 15 is 0 Å². The van der Waals surface area contributed by atoms with Gasteiger partial charge in [0.15, 0.2) is 0 Å². The molecule has 0 atom stereocenters. The fraction of sp³-hybridized carbons (Fsp3) is 0.333. The summed E-state index contributed by atoms with van der Waals surface area (Å²) in [7, 11) is 3.05. The molecule has 1 heterocycles. The van der Waals surface area contributed by atoms with Gasteiger partial charge in [0.05, 0.1) is 26.5 Å². The van der Waals surface area contributed by atoms with Crippen LogP contribution in [-0.2, 0) is 20.9 Å². The van der Waals surface area contributed by atoms with Crippen molar-refractivity contribution in [1.29, 1.82) is 0 Å². The largest absolute Gasteiger partial charge is 0.497 e. The van der Waals surface area contributed by atoms with Crippen LogP contribution in [0.15, 0.2) is 35.1 Å². The highest BCUT2D eigenvalue weighted by atomic mass is 16.5. The van der Waals surface area contributed by atoms with E-state index in [0.717, 1.165) is 4.68 Å². The van der Waals surface area contributed by atoms with Gasteiger partial charge in [-0.2, -0.15) is 5.10 Å². The Labute approximate surface area is 155 Å². The van der Waals surface area contributed by atoms with Crippen molar-refractivity contribution in [1.82, 2.24) is 15.1 Å². The molecular formula is C18H21N3O6. The third kappa shape index (κ3) is 5.30. The van der Waals surface area contributed by atoms with Gasteiger partial charge in [-0.25, -0.2) is 4.68 Å². The highest BCUT2D eigenvalue weighted by molar-refractivity contribution is 5.81. The summed E-state index contributed by atoms with van der Waals surface area (Å²) in [5.41, 5.74) is 0.642. The van der Waals surface area contributed by atoms with Gasteiger partial charge in [0, 0.05) is 17.7 Å². The van der Waals surface area contributed by atoms with Crippen LogP contribution >= 0.6 is 0 Å². The lowest BCUT2D eigenvalue weighted by molar-refractivity contribution is -0.143. The SMILES string of the molecule is CCOC(=O)CNC(=O)Cn1nc(-c2ccc(OC)cc2OC)ccc1=O. The minimum absolute atomic E-state index is 0.224. The van der Waals surface area contributed by atoms with Crippen molar-refractivity contribution in [3.8, 4) is 22.8 Å². The number of hydrogen-bond donors (Lipinski definition) is 1. The van der Waals surface area contributed by atoms with Crippen LogP contribution in [-0.4, -0.2) is 49.0 Å². The van der Waals surface area contributed by atoms with Crippen LogP contribution in [0.2, 0.25) is 0 Å². The van der Waals surface area contributed by atoms with Crippen LogP contribution in [0.1, 0.15) is 6.92 Å². The number of amides is 1. The molecule has 1 amide bonds. The van der Waals surface area contributed by atoms with Crippen molar-refractivity contribution in [3.05, 3.63) is 40.7 Å². The molecule has 0 saturated carbocycles. The number of aromatic nitrogens is 2. The lowest BCUT2D eigenvalue weighted by Crippen LogP contribution is -2.36. The Bertz CT molecular complexity index is 878. The van der Waals surface area contributed by atoms with E-state index in [0.29, 0.717) is 22.8 Å². The molecule has 2 rings (SSSR count). The van der Waals surface area contributed by atoms with E-state index < -0.39 is 17.4 Å². The Balaban J connectivity index is 2.20. The van der Waals surface area contributed by atoms with Gasteiger partial charge in [-0.3, -0.25) is 14.4 Å². The molecule has 1 aromatic heterocycles. The highest BCUT2D eigenvalue weighted by Gasteiger charge is 2.13. The molecule has 2 aromatic rings. The molecule has 1 aromatic carbocycles. The number of methoxy groups -OCH3 is 2. The molecule has 0 radical (unpaired) electrons. The predicted octanol–water partition coefficient (Wildman–Crippen LogP) is 0.607. The Morgan fingerprint density at radius 3 is 2.59 bits per heavy atom. The standard InChI is InChI=1S/C18H21N3O6/c1-4-27-18(24)10-19-16(22)11-21-17(23)8-7-14(20-21)13-6-5-12(25-2)9-15(13)26-3/h5-9H,4,10-11H2,1-3H3,(H,19,22). The van der Waals surface area contributed by atoms with E-state index in [4.69, 9.17) is 14.2 Å². The smallest absolute Gasteiger partial charge is 0.325 e. The second-order valence-electron chi connectivity index (χ2n) is 5.36. The molecule has 27 heavy (non-hydrogen) atoms. The van der Waals surface area contributed by atoms with Crippen LogP contribution in [0.25, 0.3) is 11.3 Å². The molecule has 0 aliphatic heterocycles. The van der Waals surface area contributed by atoms with Crippen molar-refractivity contribution >= 4 is 11.9 Å². The number of rotatable bonds is 8. The number of hydrogen-bond acceptors (Lipinski definition) is 7. The quantitative estimate of drug-likeness (QED) is 0.673. The van der Waals surface area contributed by atoms with E-state index in [9.17, 15) is 14.4 Å².